The van der Waals surface area contributed by atoms with Crippen molar-refractivity contribution < 1.29 is 23.2 Å². The summed E-state index contributed by atoms with van der Waals surface area (Å²) in [5.74, 6) is 0. The van der Waals surface area contributed by atoms with Crippen LogP contribution in [0.2, 0.25) is 0 Å². The third-order valence-electron chi connectivity index (χ3n) is 3.29. The maximum absolute atomic E-state index is 12.6. The van der Waals surface area contributed by atoms with Crippen molar-refractivity contribution in [1.82, 2.24) is 4.31 Å². The molecule has 8 nitrogen and oxygen atoms in total. The normalized spacial score (nSPS) is 23.9. The lowest BCUT2D eigenvalue weighted by Crippen LogP contribution is -2.51. The number of non-ortho nitro benzene ring substituents is 1. The summed E-state index contributed by atoms with van der Waals surface area (Å²) in [6.07, 6.45) is -0.588. The van der Waals surface area contributed by atoms with Crippen LogP contribution in [0.1, 0.15) is 6.92 Å². The fourth-order valence-corrected chi connectivity index (χ4v) is 3.82. The van der Waals surface area contributed by atoms with Crippen LogP contribution in [0, 0.1) is 10.1 Å². The molecular weight excluding hydrogens is 300 g/mol. The second-order valence-electron chi connectivity index (χ2n) is 4.82. The molecule has 1 aliphatic heterocycles. The molecule has 0 aliphatic carbocycles. The molecule has 2 atom stereocenters. The van der Waals surface area contributed by atoms with E-state index in [0.717, 1.165) is 6.07 Å². The van der Waals surface area contributed by atoms with Gasteiger partial charge in [0, 0.05) is 24.7 Å². The Balaban J connectivity index is 2.36. The summed E-state index contributed by atoms with van der Waals surface area (Å²) in [7, 11) is -3.87. The maximum atomic E-state index is 12.6. The van der Waals surface area contributed by atoms with Gasteiger partial charge in [0.15, 0.2) is 0 Å². The molecule has 21 heavy (non-hydrogen) atoms. The predicted molar refractivity (Wildman–Crippen MR) is 73.3 cm³/mol. The summed E-state index contributed by atoms with van der Waals surface area (Å²) in [5.41, 5.74) is -0.282. The van der Waals surface area contributed by atoms with E-state index in [0.29, 0.717) is 0 Å². The Morgan fingerprint density at radius 1 is 1.52 bits per heavy atom. The number of nitrogens with zero attached hydrogens (tertiary/aromatic N) is 2. The van der Waals surface area contributed by atoms with Gasteiger partial charge in [-0.2, -0.15) is 4.31 Å². The molecule has 1 aromatic rings. The molecular formula is C12H16N2O6S. The molecule has 0 saturated carbocycles. The highest BCUT2D eigenvalue weighted by molar-refractivity contribution is 7.89. The first-order valence-electron chi connectivity index (χ1n) is 6.35. The van der Waals surface area contributed by atoms with E-state index in [-0.39, 0.29) is 30.3 Å². The molecule has 9 heteroatoms. The zero-order chi connectivity index (χ0) is 15.6. The number of nitro benzene ring substituents is 1. The number of nitro groups is 1. The molecule has 0 bridgehead atoms. The number of benzene rings is 1. The Bertz CT molecular complexity index is 632. The average molecular weight is 316 g/mol. The van der Waals surface area contributed by atoms with E-state index in [1.54, 1.807) is 6.92 Å². The van der Waals surface area contributed by atoms with E-state index < -0.39 is 27.1 Å². The molecule has 0 spiro atoms. The number of rotatable bonds is 4. The zero-order valence-electron chi connectivity index (χ0n) is 11.4. The van der Waals surface area contributed by atoms with E-state index in [1.165, 1.54) is 22.5 Å². The summed E-state index contributed by atoms with van der Waals surface area (Å²) < 4.78 is 31.7. The lowest BCUT2D eigenvalue weighted by molar-refractivity contribution is -0.385. The van der Waals surface area contributed by atoms with Crippen LogP contribution in [0.15, 0.2) is 29.2 Å². The quantitative estimate of drug-likeness (QED) is 0.634. The van der Waals surface area contributed by atoms with Crippen molar-refractivity contribution in [2.45, 2.75) is 24.0 Å². The number of hydrogen-bond acceptors (Lipinski definition) is 6. The fraction of sp³-hybridized carbons (Fsp3) is 0.500. The second-order valence-corrected chi connectivity index (χ2v) is 6.71. The van der Waals surface area contributed by atoms with Crippen LogP contribution < -0.4 is 0 Å². The second kappa shape index (κ2) is 6.06. The Hall–Kier alpha value is -1.55. The van der Waals surface area contributed by atoms with Gasteiger partial charge >= 0.3 is 0 Å². The minimum absolute atomic E-state index is 0.0166. The van der Waals surface area contributed by atoms with Crippen molar-refractivity contribution in [2.24, 2.45) is 0 Å². The highest BCUT2D eigenvalue weighted by atomic mass is 32.2. The Labute approximate surface area is 122 Å². The molecule has 1 N–H and O–H groups in total. The van der Waals surface area contributed by atoms with E-state index in [1.807, 2.05) is 0 Å². The van der Waals surface area contributed by atoms with Gasteiger partial charge in [0.25, 0.3) is 5.69 Å². The number of ether oxygens (including phenoxy) is 1. The Morgan fingerprint density at radius 2 is 2.24 bits per heavy atom. The van der Waals surface area contributed by atoms with Crippen molar-refractivity contribution in [3.8, 4) is 0 Å². The topological polar surface area (TPSA) is 110 Å². The Kier molecular flexibility index (Phi) is 4.57. The number of aliphatic hydroxyl groups is 1. The van der Waals surface area contributed by atoms with Crippen LogP contribution in [0.25, 0.3) is 0 Å². The summed E-state index contributed by atoms with van der Waals surface area (Å²) in [5, 5.41) is 19.9. The maximum Gasteiger partial charge on any atom is 0.270 e. The Morgan fingerprint density at radius 3 is 2.86 bits per heavy atom. The van der Waals surface area contributed by atoms with Crippen molar-refractivity contribution >= 4 is 15.7 Å². The van der Waals surface area contributed by atoms with E-state index in [4.69, 9.17) is 9.84 Å². The van der Waals surface area contributed by atoms with Gasteiger partial charge in [0.05, 0.1) is 29.1 Å². The zero-order valence-corrected chi connectivity index (χ0v) is 12.2. The first kappa shape index (κ1) is 15.8. The van der Waals surface area contributed by atoms with Gasteiger partial charge in [-0.15, -0.1) is 0 Å². The van der Waals surface area contributed by atoms with Crippen LogP contribution in [-0.4, -0.2) is 54.7 Å². The molecule has 0 amide bonds. The molecule has 1 fully saturated rings. The summed E-state index contributed by atoms with van der Waals surface area (Å²) in [6, 6.07) is 4.51. The van der Waals surface area contributed by atoms with Crippen LogP contribution in [0.5, 0.6) is 0 Å². The fourth-order valence-electron chi connectivity index (χ4n) is 2.13. The highest BCUT2D eigenvalue weighted by Crippen LogP contribution is 2.25. The monoisotopic (exact) mass is 316 g/mol. The van der Waals surface area contributed by atoms with Gasteiger partial charge in [-0.05, 0) is 13.0 Å². The van der Waals surface area contributed by atoms with Gasteiger partial charge in [-0.3, -0.25) is 10.1 Å². The smallest absolute Gasteiger partial charge is 0.270 e. The third-order valence-corrected chi connectivity index (χ3v) is 5.26. The average Bonchev–Trinajstić information content (AvgIpc) is 2.47. The summed E-state index contributed by atoms with van der Waals surface area (Å²) in [4.78, 5) is 9.99. The lowest BCUT2D eigenvalue weighted by atomic mass is 10.2. The number of aliphatic hydroxyl groups excluding tert-OH is 1. The standard InChI is InChI=1S/C12H16N2O6S/c1-9-8-20-11(7-15)6-13(9)21(18,19)12-4-2-3-10(5-12)14(16)17/h2-5,9,11,15H,6-8H2,1H3. The molecule has 0 aromatic heterocycles. The lowest BCUT2D eigenvalue weighted by Gasteiger charge is -2.36. The number of hydrogen-bond donors (Lipinski definition) is 1. The first-order valence-corrected chi connectivity index (χ1v) is 7.79. The van der Waals surface area contributed by atoms with E-state index in [9.17, 15) is 18.5 Å². The van der Waals surface area contributed by atoms with Crippen LogP contribution in [0.4, 0.5) is 5.69 Å². The third kappa shape index (κ3) is 3.21. The van der Waals surface area contributed by atoms with Gasteiger partial charge in [-0.1, -0.05) is 6.07 Å². The minimum atomic E-state index is -3.87. The highest BCUT2D eigenvalue weighted by Gasteiger charge is 2.35. The molecule has 1 heterocycles. The molecule has 2 unspecified atom stereocenters. The minimum Gasteiger partial charge on any atom is -0.394 e. The van der Waals surface area contributed by atoms with Crippen molar-refractivity contribution in [3.63, 3.8) is 0 Å². The van der Waals surface area contributed by atoms with Crippen LogP contribution in [0.3, 0.4) is 0 Å². The van der Waals surface area contributed by atoms with Crippen molar-refractivity contribution in [1.29, 1.82) is 0 Å². The first-order chi connectivity index (χ1) is 9.86. The number of sulfonamides is 1. The van der Waals surface area contributed by atoms with Crippen LogP contribution in [-0.2, 0) is 14.8 Å². The van der Waals surface area contributed by atoms with Gasteiger partial charge in [-0.25, -0.2) is 8.42 Å². The molecule has 1 saturated heterocycles. The van der Waals surface area contributed by atoms with E-state index in [2.05, 4.69) is 0 Å². The summed E-state index contributed by atoms with van der Waals surface area (Å²) in [6.45, 7) is 1.58. The van der Waals surface area contributed by atoms with E-state index >= 15 is 0 Å². The molecule has 116 valence electrons. The molecule has 1 aromatic carbocycles. The summed E-state index contributed by atoms with van der Waals surface area (Å²) >= 11 is 0. The van der Waals surface area contributed by atoms with Crippen LogP contribution >= 0.6 is 0 Å². The van der Waals surface area contributed by atoms with Gasteiger partial charge in [0.1, 0.15) is 0 Å². The van der Waals surface area contributed by atoms with Gasteiger partial charge < -0.3 is 9.84 Å². The number of morpholine rings is 1. The van der Waals surface area contributed by atoms with Crippen molar-refractivity contribution in [3.05, 3.63) is 34.4 Å². The molecule has 1 aliphatic rings. The molecule has 2 rings (SSSR count). The van der Waals surface area contributed by atoms with Crippen molar-refractivity contribution in [2.75, 3.05) is 19.8 Å². The predicted octanol–water partition coefficient (Wildman–Crippen LogP) is 0.365. The van der Waals surface area contributed by atoms with Gasteiger partial charge in [0.2, 0.25) is 10.0 Å². The largest absolute Gasteiger partial charge is 0.394 e. The SMILES string of the molecule is CC1COC(CO)CN1S(=O)(=O)c1cccc([N+](=O)[O-])c1. The molecule has 0 radical (unpaired) electrons.